The lowest BCUT2D eigenvalue weighted by Crippen LogP contribution is -2.45. The molecule has 42 heavy (non-hydrogen) atoms. The molecule has 3 aliphatic rings. The Morgan fingerprint density at radius 2 is 1.88 bits per heavy atom. The number of carbonyl (C=O) groups is 2. The van der Waals surface area contributed by atoms with Crippen LogP contribution in [0.25, 0.3) is 27.8 Å². The van der Waals surface area contributed by atoms with E-state index >= 15 is 0 Å². The molecule has 0 radical (unpaired) electrons. The van der Waals surface area contributed by atoms with E-state index < -0.39 is 5.97 Å². The number of fused-ring (bicyclic) bond motifs is 2. The van der Waals surface area contributed by atoms with E-state index in [1.807, 2.05) is 11.8 Å². The highest BCUT2D eigenvalue weighted by molar-refractivity contribution is 5.92. The summed E-state index contributed by atoms with van der Waals surface area (Å²) in [6.45, 7) is 5.16. The number of methoxy groups -OCH3 is 1. The average Bonchev–Trinajstić information content (AvgIpc) is 3.69. The van der Waals surface area contributed by atoms with Crippen LogP contribution in [0, 0.1) is 12.8 Å². The molecule has 0 spiro atoms. The number of hydrogen-bond acceptors (Lipinski definition) is 5. The topological polar surface area (TPSA) is 98.3 Å². The lowest BCUT2D eigenvalue weighted by Gasteiger charge is -2.35. The van der Waals surface area contributed by atoms with Crippen LogP contribution in [0.3, 0.4) is 0 Å². The minimum atomic E-state index is -1.02. The van der Waals surface area contributed by atoms with Gasteiger partial charge in [-0.3, -0.25) is 4.79 Å². The van der Waals surface area contributed by atoms with Gasteiger partial charge in [-0.2, -0.15) is 5.10 Å². The molecule has 1 unspecified atom stereocenters. The monoisotopic (exact) mass is 570 g/mol. The molecule has 1 aliphatic carbocycles. The van der Waals surface area contributed by atoms with Crippen molar-refractivity contribution < 1.29 is 24.2 Å². The molecule has 3 fully saturated rings. The first-order chi connectivity index (χ1) is 20.4. The van der Waals surface area contributed by atoms with Crippen molar-refractivity contribution in [2.24, 2.45) is 5.92 Å². The number of carbonyl (C=O) groups excluding carboxylic acids is 1. The van der Waals surface area contributed by atoms with E-state index in [1.54, 1.807) is 23.9 Å². The molecule has 2 aliphatic heterocycles. The summed E-state index contributed by atoms with van der Waals surface area (Å²) in [5.41, 5.74) is 6.36. The first-order valence-electron chi connectivity index (χ1n) is 15.3. The second-order valence-corrected chi connectivity index (χ2v) is 12.2. The number of aromatic carboxylic acids is 1. The third-order valence-corrected chi connectivity index (χ3v) is 9.43. The van der Waals surface area contributed by atoms with Crippen molar-refractivity contribution in [1.29, 1.82) is 0 Å². The Balaban J connectivity index is 1.26. The minimum Gasteiger partial charge on any atom is -0.494 e. The van der Waals surface area contributed by atoms with Crippen molar-refractivity contribution in [2.75, 3.05) is 26.8 Å². The van der Waals surface area contributed by atoms with E-state index in [4.69, 9.17) is 14.6 Å². The van der Waals surface area contributed by atoms with Crippen molar-refractivity contribution in [2.45, 2.75) is 70.4 Å². The molecule has 2 saturated heterocycles. The van der Waals surface area contributed by atoms with Crippen LogP contribution in [-0.4, -0.2) is 69.0 Å². The number of rotatable bonds is 7. The summed E-state index contributed by atoms with van der Waals surface area (Å²) in [6.07, 6.45) is 8.56. The van der Waals surface area contributed by atoms with Crippen molar-refractivity contribution >= 4 is 28.3 Å². The second kappa shape index (κ2) is 10.8. The van der Waals surface area contributed by atoms with Crippen LogP contribution < -0.4 is 4.74 Å². The number of piperidine rings is 1. The summed E-state index contributed by atoms with van der Waals surface area (Å²) in [5, 5.41) is 15.8. The Bertz CT molecular complexity index is 1670. The Hall–Kier alpha value is -3.85. The van der Waals surface area contributed by atoms with Gasteiger partial charge in [-0.1, -0.05) is 18.2 Å². The molecule has 0 bridgehead atoms. The fraction of sp³-hybridized carbons (Fsp3) is 0.485. The van der Waals surface area contributed by atoms with Crippen molar-refractivity contribution in [3.8, 4) is 17.1 Å². The molecular formula is C33H38N4O5. The smallest absolute Gasteiger partial charge is 0.337 e. The van der Waals surface area contributed by atoms with Crippen LogP contribution in [0.4, 0.5) is 0 Å². The maximum absolute atomic E-state index is 13.1. The van der Waals surface area contributed by atoms with E-state index in [-0.39, 0.29) is 17.6 Å². The zero-order chi connectivity index (χ0) is 29.0. The third-order valence-electron chi connectivity index (χ3n) is 9.43. The van der Waals surface area contributed by atoms with Gasteiger partial charge in [0.05, 0.1) is 23.9 Å². The molecule has 3 aromatic heterocycles. The van der Waals surface area contributed by atoms with Gasteiger partial charge in [0, 0.05) is 43.4 Å². The molecule has 7 rings (SSSR count). The average molecular weight is 571 g/mol. The minimum absolute atomic E-state index is 0.133. The summed E-state index contributed by atoms with van der Waals surface area (Å²) in [5.74, 6) is 0.654. The van der Waals surface area contributed by atoms with Gasteiger partial charge in [0.1, 0.15) is 23.1 Å². The van der Waals surface area contributed by atoms with Crippen molar-refractivity contribution in [3.63, 3.8) is 0 Å². The van der Waals surface area contributed by atoms with E-state index in [1.165, 1.54) is 29.3 Å². The fourth-order valence-corrected chi connectivity index (χ4v) is 6.98. The van der Waals surface area contributed by atoms with E-state index in [9.17, 15) is 14.7 Å². The molecule has 9 heteroatoms. The largest absolute Gasteiger partial charge is 0.494 e. The van der Waals surface area contributed by atoms with Gasteiger partial charge < -0.3 is 24.0 Å². The molecule has 1 atom stereocenters. The Morgan fingerprint density at radius 3 is 2.57 bits per heavy atom. The van der Waals surface area contributed by atoms with Gasteiger partial charge in [0.25, 0.3) is 5.91 Å². The second-order valence-electron chi connectivity index (χ2n) is 12.2. The van der Waals surface area contributed by atoms with Crippen LogP contribution in [0.15, 0.2) is 36.5 Å². The lowest BCUT2D eigenvalue weighted by molar-refractivity contribution is -0.147. The zero-order valence-electron chi connectivity index (χ0n) is 24.3. The van der Waals surface area contributed by atoms with Gasteiger partial charge in [-0.15, -0.1) is 0 Å². The van der Waals surface area contributed by atoms with Crippen LogP contribution >= 0.6 is 0 Å². The van der Waals surface area contributed by atoms with Crippen LogP contribution in [0.1, 0.15) is 72.3 Å². The summed E-state index contributed by atoms with van der Waals surface area (Å²) in [6, 6.07) is 10.4. The predicted molar refractivity (Wildman–Crippen MR) is 159 cm³/mol. The summed E-state index contributed by atoms with van der Waals surface area (Å²) in [7, 11) is 1.56. The number of carboxylic acid groups (broad SMARTS) is 1. The van der Waals surface area contributed by atoms with Crippen LogP contribution in [0.2, 0.25) is 0 Å². The molecule has 1 aromatic carbocycles. The van der Waals surface area contributed by atoms with E-state index in [0.717, 1.165) is 74.2 Å². The molecule has 4 aromatic rings. The number of amides is 1. The normalized spacial score (nSPS) is 20.0. The number of nitrogens with zero attached hydrogens (tertiary/aromatic N) is 4. The van der Waals surface area contributed by atoms with Gasteiger partial charge in [-0.05, 0) is 81.4 Å². The van der Waals surface area contributed by atoms with Crippen LogP contribution in [-0.2, 0) is 16.1 Å². The van der Waals surface area contributed by atoms with Gasteiger partial charge >= 0.3 is 5.97 Å². The summed E-state index contributed by atoms with van der Waals surface area (Å²) < 4.78 is 15.5. The molecule has 9 nitrogen and oxygen atoms in total. The number of para-hydroxylation sites is 1. The Labute approximate surface area is 245 Å². The van der Waals surface area contributed by atoms with Gasteiger partial charge in [0.15, 0.2) is 0 Å². The van der Waals surface area contributed by atoms with E-state index in [2.05, 4.69) is 28.8 Å². The maximum Gasteiger partial charge on any atom is 0.337 e. The first-order valence-corrected chi connectivity index (χ1v) is 15.3. The lowest BCUT2D eigenvalue weighted by atomic mass is 9.88. The molecule has 1 N–H and O–H groups in total. The molecular weight excluding hydrogens is 532 g/mol. The van der Waals surface area contributed by atoms with E-state index in [0.29, 0.717) is 24.2 Å². The maximum atomic E-state index is 13.1. The zero-order valence-corrected chi connectivity index (χ0v) is 24.3. The summed E-state index contributed by atoms with van der Waals surface area (Å²) in [4.78, 5) is 26.9. The van der Waals surface area contributed by atoms with Gasteiger partial charge in [0.2, 0.25) is 0 Å². The number of carboxylic acids is 1. The number of aryl methyl sites for hydroxylation is 1. The highest BCUT2D eigenvalue weighted by atomic mass is 16.5. The van der Waals surface area contributed by atoms with Crippen LogP contribution in [0.5, 0.6) is 5.75 Å². The quantitative estimate of drug-likeness (QED) is 0.308. The highest BCUT2D eigenvalue weighted by Gasteiger charge is 2.32. The standard InChI is InChI=1S/C33H38N4O5/c1-20-29(34-37-19-24(33(39)40)17-28(41-2)30(20)37)26-16-23-6-5-7-25(31(23)36(26)18-21-9-10-21)22-11-13-35(14-12-22)32(38)27-8-3-4-15-42-27/h5-7,16-17,19,21-22,27H,3-4,8-15,18H2,1-2H3,(H,39,40). The SMILES string of the molecule is COc1cc(C(=O)O)cn2nc(-c3cc4cccc(C5CCN(C(=O)C6CCCCO6)CC5)c4n3CC3CC3)c(C)c12. The Morgan fingerprint density at radius 1 is 1.07 bits per heavy atom. The highest BCUT2D eigenvalue weighted by Crippen LogP contribution is 2.42. The number of hydrogen-bond donors (Lipinski definition) is 1. The molecule has 1 saturated carbocycles. The molecule has 1 amide bonds. The number of pyridine rings is 1. The number of likely N-dealkylation sites (tertiary alicyclic amines) is 1. The molecule has 220 valence electrons. The number of ether oxygens (including phenoxy) is 2. The van der Waals surface area contributed by atoms with Crippen molar-refractivity contribution in [1.82, 2.24) is 19.1 Å². The fourth-order valence-electron chi connectivity index (χ4n) is 6.98. The predicted octanol–water partition coefficient (Wildman–Crippen LogP) is 5.66. The Kier molecular flexibility index (Phi) is 6.92. The first kappa shape index (κ1) is 27.0. The van der Waals surface area contributed by atoms with Gasteiger partial charge in [-0.25, -0.2) is 9.31 Å². The molecule has 5 heterocycles. The van der Waals surface area contributed by atoms with Crippen molar-refractivity contribution in [3.05, 3.63) is 53.2 Å². The number of aromatic nitrogens is 3. The summed E-state index contributed by atoms with van der Waals surface area (Å²) >= 11 is 0. The number of benzene rings is 1. The third kappa shape index (κ3) is 4.73.